The van der Waals surface area contributed by atoms with Gasteiger partial charge in [0.1, 0.15) is 0 Å². The number of para-hydroxylation sites is 1. The van der Waals surface area contributed by atoms with E-state index in [2.05, 4.69) is 21.0 Å². The molecule has 9 heteroatoms. The van der Waals surface area contributed by atoms with Crippen LogP contribution in [-0.2, 0) is 13.3 Å². The Morgan fingerprint density at radius 3 is 2.50 bits per heavy atom. The van der Waals surface area contributed by atoms with Crippen LogP contribution in [0.4, 0.5) is 0 Å². The molecular weight excluding hydrogens is 425 g/mol. The molecule has 3 heterocycles. The Kier molecular flexibility index (Phi) is 6.52. The van der Waals surface area contributed by atoms with Crippen molar-refractivity contribution >= 4 is 29.1 Å². The Morgan fingerprint density at radius 2 is 1.80 bits per heavy atom. The van der Waals surface area contributed by atoms with Gasteiger partial charge in [0.2, 0.25) is 0 Å². The second kappa shape index (κ2) is 9.47. The fraction of sp³-hybridized carbons (Fsp3) is 0.286. The van der Waals surface area contributed by atoms with Crippen molar-refractivity contribution in [3.05, 3.63) is 76.3 Å². The predicted molar refractivity (Wildman–Crippen MR) is 115 cm³/mol. The van der Waals surface area contributed by atoms with E-state index in [1.54, 1.807) is 41.3 Å². The number of pyridine rings is 1. The Balaban J connectivity index is 1.30. The molecule has 0 atom stereocenters. The first-order valence-corrected chi connectivity index (χ1v) is 10.4. The number of piperazine rings is 1. The summed E-state index contributed by atoms with van der Waals surface area (Å²) in [5.74, 6) is 0.319. The summed E-state index contributed by atoms with van der Waals surface area (Å²) in [7, 11) is 0. The molecule has 1 aliphatic rings. The molecule has 1 amide bonds. The Labute approximate surface area is 184 Å². The summed E-state index contributed by atoms with van der Waals surface area (Å²) in [6.07, 6.45) is 5.35. The average molecular weight is 446 g/mol. The number of halogens is 2. The highest BCUT2D eigenvalue weighted by Gasteiger charge is 2.23. The van der Waals surface area contributed by atoms with Gasteiger partial charge in [0.05, 0.1) is 10.0 Å². The first-order valence-electron chi connectivity index (χ1n) is 9.61. The molecule has 0 aliphatic carbocycles. The topological polar surface area (TPSA) is 63.5 Å². The summed E-state index contributed by atoms with van der Waals surface area (Å²) in [5, 5.41) is 5.19. The van der Waals surface area contributed by atoms with Gasteiger partial charge in [-0.1, -0.05) is 35.3 Å². The van der Waals surface area contributed by atoms with Gasteiger partial charge in [-0.25, -0.2) is 4.68 Å². The molecule has 4 rings (SSSR count). The van der Waals surface area contributed by atoms with Crippen molar-refractivity contribution in [3.63, 3.8) is 0 Å². The van der Waals surface area contributed by atoms with E-state index < -0.39 is 0 Å². The first-order chi connectivity index (χ1) is 14.6. The van der Waals surface area contributed by atoms with E-state index in [4.69, 9.17) is 27.9 Å². The molecule has 7 nitrogen and oxygen atoms in total. The van der Waals surface area contributed by atoms with Gasteiger partial charge in [-0.15, -0.1) is 0 Å². The van der Waals surface area contributed by atoms with E-state index in [1.807, 2.05) is 17.2 Å². The second-order valence-corrected chi connectivity index (χ2v) is 7.81. The van der Waals surface area contributed by atoms with Crippen LogP contribution in [0.25, 0.3) is 0 Å². The van der Waals surface area contributed by atoms with E-state index in [9.17, 15) is 4.79 Å². The van der Waals surface area contributed by atoms with Crippen LogP contribution in [0.3, 0.4) is 0 Å². The van der Waals surface area contributed by atoms with Crippen LogP contribution in [0.15, 0.2) is 55.0 Å². The highest BCUT2D eigenvalue weighted by Crippen LogP contribution is 2.32. The quantitative estimate of drug-likeness (QED) is 0.579. The van der Waals surface area contributed by atoms with Gasteiger partial charge in [0.15, 0.2) is 18.2 Å². The molecule has 0 unspecified atom stereocenters. The summed E-state index contributed by atoms with van der Waals surface area (Å²) in [5.41, 5.74) is 1.57. The third-order valence-electron chi connectivity index (χ3n) is 4.91. The summed E-state index contributed by atoms with van der Waals surface area (Å²) in [6.45, 7) is 3.91. The third-order valence-corrected chi connectivity index (χ3v) is 5.50. The maximum atomic E-state index is 12.8. The molecule has 1 fully saturated rings. The number of carbonyl (C=O) groups excluding carboxylic acids is 1. The van der Waals surface area contributed by atoms with Crippen LogP contribution in [0.5, 0.6) is 5.75 Å². The van der Waals surface area contributed by atoms with Crippen molar-refractivity contribution in [2.45, 2.75) is 13.3 Å². The normalized spacial score (nSPS) is 14.7. The van der Waals surface area contributed by atoms with Crippen LogP contribution in [-0.4, -0.2) is 56.7 Å². The molecule has 30 heavy (non-hydrogen) atoms. The molecule has 0 radical (unpaired) electrons. The van der Waals surface area contributed by atoms with E-state index in [1.165, 1.54) is 5.56 Å². The maximum Gasteiger partial charge on any atom is 0.274 e. The highest BCUT2D eigenvalue weighted by atomic mass is 35.5. The molecule has 1 saturated heterocycles. The average Bonchev–Trinajstić information content (AvgIpc) is 3.23. The molecule has 2 aromatic heterocycles. The van der Waals surface area contributed by atoms with Gasteiger partial charge in [0, 0.05) is 51.3 Å². The summed E-state index contributed by atoms with van der Waals surface area (Å²) >= 11 is 12.2. The van der Waals surface area contributed by atoms with Crippen LogP contribution in [0.2, 0.25) is 10.0 Å². The van der Waals surface area contributed by atoms with Crippen LogP contribution in [0, 0.1) is 0 Å². The van der Waals surface area contributed by atoms with E-state index in [0.717, 1.165) is 19.6 Å². The minimum Gasteiger partial charge on any atom is -0.468 e. The number of benzene rings is 1. The predicted octanol–water partition coefficient (Wildman–Crippen LogP) is 3.58. The zero-order chi connectivity index (χ0) is 20.9. The van der Waals surface area contributed by atoms with Crippen molar-refractivity contribution in [3.8, 4) is 5.75 Å². The Bertz CT molecular complexity index is 983. The van der Waals surface area contributed by atoms with Gasteiger partial charge in [-0.05, 0) is 29.8 Å². The minimum atomic E-state index is -0.0782. The van der Waals surface area contributed by atoms with Gasteiger partial charge in [-0.3, -0.25) is 14.7 Å². The Morgan fingerprint density at radius 1 is 1.03 bits per heavy atom. The van der Waals surface area contributed by atoms with Crippen LogP contribution in [0.1, 0.15) is 16.1 Å². The number of carbonyl (C=O) groups is 1. The lowest BCUT2D eigenvalue weighted by atomic mass is 10.2. The number of amides is 1. The number of hydrogen-bond acceptors (Lipinski definition) is 5. The van der Waals surface area contributed by atoms with E-state index >= 15 is 0 Å². The van der Waals surface area contributed by atoms with Gasteiger partial charge in [0.25, 0.3) is 5.91 Å². The second-order valence-electron chi connectivity index (χ2n) is 6.99. The highest BCUT2D eigenvalue weighted by molar-refractivity contribution is 6.37. The molecular formula is C21H21Cl2N5O2. The first kappa shape index (κ1) is 20.7. The van der Waals surface area contributed by atoms with E-state index in [-0.39, 0.29) is 12.6 Å². The zero-order valence-corrected chi connectivity index (χ0v) is 17.8. The molecule has 0 saturated carbocycles. The van der Waals surface area contributed by atoms with Gasteiger partial charge < -0.3 is 9.64 Å². The van der Waals surface area contributed by atoms with Crippen molar-refractivity contribution in [2.75, 3.05) is 26.2 Å². The number of nitrogens with zero attached hydrogens (tertiary/aromatic N) is 5. The van der Waals surface area contributed by atoms with Crippen LogP contribution < -0.4 is 4.74 Å². The number of hydrogen-bond donors (Lipinski definition) is 0. The summed E-state index contributed by atoms with van der Waals surface area (Å²) < 4.78 is 7.21. The van der Waals surface area contributed by atoms with Crippen molar-refractivity contribution < 1.29 is 9.53 Å². The minimum absolute atomic E-state index is 0.0782. The molecule has 1 aliphatic heterocycles. The van der Waals surface area contributed by atoms with Crippen molar-refractivity contribution in [1.29, 1.82) is 0 Å². The molecule has 3 aromatic rings. The Hall–Kier alpha value is -2.61. The number of ether oxygens (including phenoxy) is 1. The fourth-order valence-electron chi connectivity index (χ4n) is 3.32. The lowest BCUT2D eigenvalue weighted by molar-refractivity contribution is 0.0620. The number of aromatic nitrogens is 3. The van der Waals surface area contributed by atoms with Crippen LogP contribution >= 0.6 is 23.2 Å². The SMILES string of the molecule is O=C(c1ccn(COc2c(Cl)cccc2Cl)n1)N1CCN(Cc2cccnc2)CC1. The zero-order valence-electron chi connectivity index (χ0n) is 16.2. The summed E-state index contributed by atoms with van der Waals surface area (Å²) in [6, 6.07) is 10.9. The monoisotopic (exact) mass is 445 g/mol. The lowest BCUT2D eigenvalue weighted by Crippen LogP contribution is -2.48. The molecule has 1 aromatic carbocycles. The fourth-order valence-corrected chi connectivity index (χ4v) is 3.83. The lowest BCUT2D eigenvalue weighted by Gasteiger charge is -2.34. The third kappa shape index (κ3) is 4.92. The molecule has 0 bridgehead atoms. The van der Waals surface area contributed by atoms with E-state index in [0.29, 0.717) is 34.6 Å². The summed E-state index contributed by atoms with van der Waals surface area (Å²) in [4.78, 5) is 21.1. The van der Waals surface area contributed by atoms with Crippen molar-refractivity contribution in [2.24, 2.45) is 0 Å². The van der Waals surface area contributed by atoms with Gasteiger partial charge >= 0.3 is 0 Å². The molecule has 0 spiro atoms. The number of rotatable bonds is 6. The smallest absolute Gasteiger partial charge is 0.274 e. The maximum absolute atomic E-state index is 12.8. The standard InChI is InChI=1S/C21H21Cl2N5O2/c22-17-4-1-5-18(23)20(17)30-15-28-8-6-19(25-28)21(29)27-11-9-26(10-12-27)14-16-3-2-7-24-13-16/h1-8,13H,9-12,14-15H2. The molecule has 0 N–H and O–H groups in total. The van der Waals surface area contributed by atoms with Crippen molar-refractivity contribution in [1.82, 2.24) is 24.6 Å². The van der Waals surface area contributed by atoms with Gasteiger partial charge in [-0.2, -0.15) is 5.10 Å². The molecule has 156 valence electrons. The largest absolute Gasteiger partial charge is 0.468 e.